The molecule has 0 atom stereocenters. The number of aryl methyl sites for hydroxylation is 2. The molecule has 38 heavy (non-hydrogen) atoms. The molecule has 1 N–H and O–H groups in total. The quantitative estimate of drug-likeness (QED) is 0.218. The SMILES string of the molecule is CCCCCCC(=O)CCc1ccc(C(=O)Nc2nc(-c3ncccc3C)nn2-c2cccc(F)c2)cc1. The van der Waals surface area contributed by atoms with E-state index in [-0.39, 0.29) is 17.6 Å². The molecule has 0 spiro atoms. The van der Waals surface area contributed by atoms with Crippen molar-refractivity contribution in [2.24, 2.45) is 0 Å². The number of anilines is 1. The smallest absolute Gasteiger partial charge is 0.258 e. The van der Waals surface area contributed by atoms with Gasteiger partial charge in [0.25, 0.3) is 5.91 Å². The van der Waals surface area contributed by atoms with Crippen LogP contribution in [0.5, 0.6) is 0 Å². The molecule has 8 heteroatoms. The van der Waals surface area contributed by atoms with Gasteiger partial charge in [0.1, 0.15) is 17.3 Å². The summed E-state index contributed by atoms with van der Waals surface area (Å²) in [6.07, 6.45) is 7.80. The van der Waals surface area contributed by atoms with Gasteiger partial charge in [0, 0.05) is 24.6 Å². The highest BCUT2D eigenvalue weighted by molar-refractivity contribution is 6.03. The lowest BCUT2D eigenvalue weighted by molar-refractivity contribution is -0.119. The summed E-state index contributed by atoms with van der Waals surface area (Å²) < 4.78 is 15.4. The van der Waals surface area contributed by atoms with Gasteiger partial charge in [-0.15, -0.1) is 5.10 Å². The van der Waals surface area contributed by atoms with E-state index in [4.69, 9.17) is 0 Å². The van der Waals surface area contributed by atoms with Crippen LogP contribution in [-0.2, 0) is 11.2 Å². The molecule has 7 nitrogen and oxygen atoms in total. The maximum absolute atomic E-state index is 14.0. The second kappa shape index (κ2) is 12.9. The van der Waals surface area contributed by atoms with E-state index in [9.17, 15) is 14.0 Å². The second-order valence-electron chi connectivity index (χ2n) is 9.32. The number of hydrogen-bond acceptors (Lipinski definition) is 5. The molecular formula is C30H32FN5O2. The van der Waals surface area contributed by atoms with Crippen LogP contribution in [0.3, 0.4) is 0 Å². The maximum Gasteiger partial charge on any atom is 0.258 e. The van der Waals surface area contributed by atoms with E-state index in [0.29, 0.717) is 42.0 Å². The Morgan fingerprint density at radius 2 is 1.79 bits per heavy atom. The van der Waals surface area contributed by atoms with Gasteiger partial charge in [0.15, 0.2) is 0 Å². The molecule has 0 bridgehead atoms. The summed E-state index contributed by atoms with van der Waals surface area (Å²) in [6, 6.07) is 16.8. The third-order valence-electron chi connectivity index (χ3n) is 6.32. The number of aromatic nitrogens is 4. The Bertz CT molecular complexity index is 1400. The highest BCUT2D eigenvalue weighted by Crippen LogP contribution is 2.23. The zero-order valence-electron chi connectivity index (χ0n) is 21.8. The molecule has 0 aliphatic heterocycles. The first-order valence-electron chi connectivity index (χ1n) is 13.0. The highest BCUT2D eigenvalue weighted by atomic mass is 19.1. The van der Waals surface area contributed by atoms with Crippen molar-refractivity contribution in [3.63, 3.8) is 0 Å². The van der Waals surface area contributed by atoms with Gasteiger partial charge >= 0.3 is 0 Å². The normalized spacial score (nSPS) is 10.9. The highest BCUT2D eigenvalue weighted by Gasteiger charge is 2.18. The van der Waals surface area contributed by atoms with Crippen LogP contribution >= 0.6 is 0 Å². The monoisotopic (exact) mass is 513 g/mol. The molecular weight excluding hydrogens is 481 g/mol. The van der Waals surface area contributed by atoms with Crippen molar-refractivity contribution in [2.75, 3.05) is 5.32 Å². The van der Waals surface area contributed by atoms with Crippen LogP contribution in [0.25, 0.3) is 17.2 Å². The number of ketones is 1. The largest absolute Gasteiger partial charge is 0.300 e. The average Bonchev–Trinajstić information content (AvgIpc) is 3.34. The molecule has 0 aliphatic carbocycles. The number of rotatable bonds is 12. The number of nitrogens with zero attached hydrogens (tertiary/aromatic N) is 4. The van der Waals surface area contributed by atoms with Crippen molar-refractivity contribution in [1.29, 1.82) is 0 Å². The van der Waals surface area contributed by atoms with E-state index in [2.05, 4.69) is 27.3 Å². The zero-order valence-corrected chi connectivity index (χ0v) is 21.8. The third-order valence-corrected chi connectivity index (χ3v) is 6.32. The average molecular weight is 514 g/mol. The van der Waals surface area contributed by atoms with Crippen LogP contribution < -0.4 is 5.32 Å². The molecule has 0 unspecified atom stereocenters. The van der Waals surface area contributed by atoms with E-state index in [1.54, 1.807) is 30.5 Å². The minimum Gasteiger partial charge on any atom is -0.300 e. The van der Waals surface area contributed by atoms with Crippen molar-refractivity contribution in [1.82, 2.24) is 19.7 Å². The van der Waals surface area contributed by atoms with Gasteiger partial charge < -0.3 is 0 Å². The van der Waals surface area contributed by atoms with Crippen LogP contribution in [0.1, 0.15) is 66.9 Å². The molecule has 0 aliphatic rings. The fraction of sp³-hybridized carbons (Fsp3) is 0.300. The number of benzene rings is 2. The molecule has 0 fully saturated rings. The molecule has 2 heterocycles. The second-order valence-corrected chi connectivity index (χ2v) is 9.32. The number of hydrogen-bond donors (Lipinski definition) is 1. The Hall–Kier alpha value is -4.20. The Balaban J connectivity index is 1.48. The number of nitrogens with one attached hydrogen (secondary N) is 1. The summed E-state index contributed by atoms with van der Waals surface area (Å²) in [4.78, 5) is 34.1. The van der Waals surface area contributed by atoms with Gasteiger partial charge in [0.2, 0.25) is 11.8 Å². The van der Waals surface area contributed by atoms with Gasteiger partial charge in [-0.2, -0.15) is 9.67 Å². The van der Waals surface area contributed by atoms with Crippen molar-refractivity contribution in [3.05, 3.63) is 89.4 Å². The third kappa shape index (κ3) is 6.97. The summed E-state index contributed by atoms with van der Waals surface area (Å²) in [5.41, 5.74) is 3.30. The van der Waals surface area contributed by atoms with Gasteiger partial charge in [0.05, 0.1) is 5.69 Å². The topological polar surface area (TPSA) is 89.8 Å². The number of unbranched alkanes of at least 4 members (excludes halogenated alkanes) is 3. The van der Waals surface area contributed by atoms with Gasteiger partial charge in [-0.1, -0.05) is 50.5 Å². The van der Waals surface area contributed by atoms with E-state index >= 15 is 0 Å². The molecule has 2 aromatic carbocycles. The standard InChI is InChI=1S/C30H32FN5O2/c1-3-4-5-6-12-26(37)18-15-22-13-16-23(17-14-22)29(38)34-30-33-28(27-21(2)9-8-19-32-27)35-36(30)25-11-7-10-24(31)20-25/h7-11,13-14,16-17,19-20H,3-6,12,15,18H2,1-2H3,(H,33,34,35,38). The van der Waals surface area contributed by atoms with E-state index in [1.165, 1.54) is 23.2 Å². The molecule has 4 aromatic rings. The molecule has 4 rings (SSSR count). The lowest BCUT2D eigenvalue weighted by Gasteiger charge is -2.08. The molecule has 0 saturated carbocycles. The Labute approximate surface area is 222 Å². The molecule has 0 saturated heterocycles. The number of pyridine rings is 1. The van der Waals surface area contributed by atoms with Crippen LogP contribution in [-0.4, -0.2) is 31.4 Å². The van der Waals surface area contributed by atoms with Crippen molar-refractivity contribution in [3.8, 4) is 17.2 Å². The van der Waals surface area contributed by atoms with E-state index in [1.807, 2.05) is 31.2 Å². The van der Waals surface area contributed by atoms with Crippen LogP contribution in [0.4, 0.5) is 10.3 Å². The summed E-state index contributed by atoms with van der Waals surface area (Å²) >= 11 is 0. The Morgan fingerprint density at radius 3 is 2.53 bits per heavy atom. The first-order chi connectivity index (χ1) is 18.4. The predicted molar refractivity (Wildman–Crippen MR) is 146 cm³/mol. The first-order valence-corrected chi connectivity index (χ1v) is 13.0. The maximum atomic E-state index is 14.0. The lowest BCUT2D eigenvalue weighted by Crippen LogP contribution is -2.16. The first kappa shape index (κ1) is 26.9. The van der Waals surface area contributed by atoms with Crippen molar-refractivity contribution in [2.45, 2.75) is 58.8 Å². The Kier molecular flexibility index (Phi) is 9.08. The number of Topliss-reactive ketones (excluding diaryl/α,β-unsaturated/α-hetero) is 1. The van der Waals surface area contributed by atoms with Crippen molar-refractivity contribution < 1.29 is 14.0 Å². The van der Waals surface area contributed by atoms with Gasteiger partial charge in [-0.3, -0.25) is 19.9 Å². The minimum atomic E-state index is -0.430. The zero-order chi connectivity index (χ0) is 26.9. The summed E-state index contributed by atoms with van der Waals surface area (Å²) in [5.74, 6) is -0.0620. The number of carbonyl (C=O) groups is 2. The Morgan fingerprint density at radius 1 is 0.974 bits per heavy atom. The lowest BCUT2D eigenvalue weighted by atomic mass is 10.0. The fourth-order valence-electron chi connectivity index (χ4n) is 4.16. The summed E-state index contributed by atoms with van der Waals surface area (Å²) in [6.45, 7) is 4.05. The van der Waals surface area contributed by atoms with Crippen molar-refractivity contribution >= 4 is 17.6 Å². The van der Waals surface area contributed by atoms with Gasteiger partial charge in [-0.25, -0.2) is 4.39 Å². The summed E-state index contributed by atoms with van der Waals surface area (Å²) in [5, 5.41) is 7.32. The van der Waals surface area contributed by atoms with E-state index < -0.39 is 5.82 Å². The molecule has 0 radical (unpaired) electrons. The predicted octanol–water partition coefficient (Wildman–Crippen LogP) is 6.50. The van der Waals surface area contributed by atoms with Crippen LogP contribution in [0.15, 0.2) is 66.9 Å². The fourth-order valence-corrected chi connectivity index (χ4v) is 4.16. The molecule has 2 aromatic heterocycles. The number of carbonyl (C=O) groups excluding carboxylic acids is 2. The molecule has 196 valence electrons. The van der Waals surface area contributed by atoms with Crippen LogP contribution in [0.2, 0.25) is 0 Å². The number of amides is 1. The van der Waals surface area contributed by atoms with E-state index in [0.717, 1.165) is 30.4 Å². The molecule has 1 amide bonds. The number of halogens is 1. The summed E-state index contributed by atoms with van der Waals surface area (Å²) in [7, 11) is 0. The minimum absolute atomic E-state index is 0.151. The van der Waals surface area contributed by atoms with Crippen LogP contribution in [0, 0.1) is 12.7 Å². The van der Waals surface area contributed by atoms with Gasteiger partial charge in [-0.05, 0) is 67.3 Å².